The van der Waals surface area contributed by atoms with Crippen LogP contribution in [-0.4, -0.2) is 31.1 Å². The van der Waals surface area contributed by atoms with Crippen molar-refractivity contribution in [1.29, 1.82) is 0 Å². The number of carbonyl (C=O) groups is 1. The number of rotatable bonds is 4. The van der Waals surface area contributed by atoms with Gasteiger partial charge < -0.3 is 0 Å². The number of hydrogen-bond donors (Lipinski definition) is 0. The van der Waals surface area contributed by atoms with E-state index in [2.05, 4.69) is 0 Å². The highest BCUT2D eigenvalue weighted by atomic mass is 32.2. The number of Topliss-reactive ketones (excluding diaryl/α,β-unsaturated/α-hetero) is 1. The summed E-state index contributed by atoms with van der Waals surface area (Å²) in [6.45, 7) is 2.12. The molecule has 0 saturated heterocycles. The second-order valence-corrected chi connectivity index (χ2v) is 7.81. The first-order valence-corrected chi connectivity index (χ1v) is 9.20. The molecule has 0 amide bonds. The second-order valence-electron chi connectivity index (χ2n) is 5.14. The van der Waals surface area contributed by atoms with Gasteiger partial charge in [0.25, 0.3) is 0 Å². The van der Waals surface area contributed by atoms with Gasteiger partial charge in [0.05, 0.1) is 4.90 Å². The van der Waals surface area contributed by atoms with E-state index >= 15 is 0 Å². The predicted molar refractivity (Wildman–Crippen MR) is 86.6 cm³/mol. The maximum absolute atomic E-state index is 12.8. The van der Waals surface area contributed by atoms with E-state index < -0.39 is 16.1 Å². The first-order valence-electron chi connectivity index (χ1n) is 6.82. The number of sulfonamides is 1. The van der Waals surface area contributed by atoms with Gasteiger partial charge >= 0.3 is 0 Å². The third-order valence-electron chi connectivity index (χ3n) is 3.62. The van der Waals surface area contributed by atoms with Crippen LogP contribution in [0.5, 0.6) is 0 Å². The van der Waals surface area contributed by atoms with E-state index in [1.54, 1.807) is 47.9 Å². The number of aryl methyl sites for hydroxylation is 1. The molecular formula is C16H15NO3S2. The van der Waals surface area contributed by atoms with Gasteiger partial charge in [0.2, 0.25) is 10.0 Å². The van der Waals surface area contributed by atoms with Crippen molar-refractivity contribution in [2.24, 2.45) is 0 Å². The number of thiophene rings is 1. The van der Waals surface area contributed by atoms with Gasteiger partial charge in [-0.05, 0) is 30.5 Å². The monoisotopic (exact) mass is 333 g/mol. The number of ketones is 1. The molecule has 114 valence electrons. The Morgan fingerprint density at radius 2 is 1.95 bits per heavy atom. The first-order chi connectivity index (χ1) is 10.5. The van der Waals surface area contributed by atoms with Gasteiger partial charge in [-0.25, -0.2) is 8.42 Å². The number of carbonyl (C=O) groups excluding carboxylic acids is 1. The Morgan fingerprint density at radius 1 is 1.23 bits per heavy atom. The number of benzene rings is 1. The van der Waals surface area contributed by atoms with Gasteiger partial charge in [0.15, 0.2) is 5.78 Å². The zero-order valence-electron chi connectivity index (χ0n) is 12.0. The Kier molecular flexibility index (Phi) is 3.99. The largest absolute Gasteiger partial charge is 0.292 e. The molecule has 0 fully saturated rings. The van der Waals surface area contributed by atoms with Gasteiger partial charge in [-0.1, -0.05) is 29.8 Å². The maximum Gasteiger partial charge on any atom is 0.244 e. The van der Waals surface area contributed by atoms with Crippen molar-refractivity contribution in [2.45, 2.75) is 17.9 Å². The molecule has 1 unspecified atom stereocenters. The molecule has 0 radical (unpaired) electrons. The van der Waals surface area contributed by atoms with Crippen molar-refractivity contribution in [3.05, 3.63) is 64.4 Å². The molecule has 0 N–H and O–H groups in total. The lowest BCUT2D eigenvalue weighted by Gasteiger charge is -2.22. The van der Waals surface area contributed by atoms with E-state index in [-0.39, 0.29) is 17.2 Å². The van der Waals surface area contributed by atoms with Crippen molar-refractivity contribution in [2.75, 3.05) is 6.54 Å². The highest BCUT2D eigenvalue weighted by Gasteiger charge is 2.36. The van der Waals surface area contributed by atoms with Gasteiger partial charge in [0, 0.05) is 17.5 Å². The minimum atomic E-state index is -3.69. The summed E-state index contributed by atoms with van der Waals surface area (Å²) in [5.74, 6) is -0.189. The maximum atomic E-state index is 12.8. The van der Waals surface area contributed by atoms with E-state index in [4.69, 9.17) is 0 Å². The summed E-state index contributed by atoms with van der Waals surface area (Å²) < 4.78 is 26.8. The normalized spacial score (nSPS) is 18.7. The zero-order valence-corrected chi connectivity index (χ0v) is 13.6. The molecule has 0 aliphatic carbocycles. The zero-order chi connectivity index (χ0) is 15.7. The highest BCUT2D eigenvalue weighted by molar-refractivity contribution is 7.89. The van der Waals surface area contributed by atoms with Crippen LogP contribution in [0.2, 0.25) is 0 Å². The Hall–Kier alpha value is -1.76. The Balaban J connectivity index is 1.93. The lowest BCUT2D eigenvalue weighted by atomic mass is 10.1. The van der Waals surface area contributed by atoms with Crippen LogP contribution in [0.25, 0.3) is 0 Å². The van der Waals surface area contributed by atoms with Crippen molar-refractivity contribution in [3.8, 4) is 0 Å². The lowest BCUT2D eigenvalue weighted by molar-refractivity contribution is 0.0937. The molecule has 3 rings (SSSR count). The Bertz CT molecular complexity index is 806. The third-order valence-corrected chi connectivity index (χ3v) is 6.16. The Labute approximate surface area is 133 Å². The molecule has 4 nitrogen and oxygen atoms in total. The number of nitrogens with zero attached hydrogens (tertiary/aromatic N) is 1. The second kappa shape index (κ2) is 5.79. The standard InChI is InChI=1S/C16H15NO3S2/c1-12-4-6-14(7-5-12)22(19,20)17-9-2-3-15(17)16(18)13-8-10-21-11-13/h2-8,10-11,15H,9H2,1H3. The molecule has 6 heteroatoms. The van der Waals surface area contributed by atoms with E-state index in [1.807, 2.05) is 12.3 Å². The molecule has 1 atom stereocenters. The molecular weight excluding hydrogens is 318 g/mol. The van der Waals surface area contributed by atoms with Crippen molar-refractivity contribution >= 4 is 27.1 Å². The van der Waals surface area contributed by atoms with E-state index in [0.29, 0.717) is 5.56 Å². The summed E-state index contributed by atoms with van der Waals surface area (Å²) in [6, 6.07) is 7.62. The summed E-state index contributed by atoms with van der Waals surface area (Å²) in [7, 11) is -3.69. The SMILES string of the molecule is Cc1ccc(S(=O)(=O)N2CC=CC2C(=O)c2ccsc2)cc1. The minimum Gasteiger partial charge on any atom is -0.292 e. The molecule has 1 aromatic heterocycles. The van der Waals surface area contributed by atoms with Crippen LogP contribution in [0.3, 0.4) is 0 Å². The van der Waals surface area contributed by atoms with Gasteiger partial charge in [-0.3, -0.25) is 4.79 Å². The van der Waals surface area contributed by atoms with E-state index in [0.717, 1.165) is 5.56 Å². The van der Waals surface area contributed by atoms with Crippen LogP contribution < -0.4 is 0 Å². The first kappa shape index (κ1) is 15.1. The van der Waals surface area contributed by atoms with Crippen LogP contribution in [0.4, 0.5) is 0 Å². The minimum absolute atomic E-state index is 0.189. The molecule has 22 heavy (non-hydrogen) atoms. The van der Waals surface area contributed by atoms with Gasteiger partial charge in [-0.2, -0.15) is 15.6 Å². The predicted octanol–water partition coefficient (Wildman–Crippen LogP) is 2.87. The summed E-state index contributed by atoms with van der Waals surface area (Å²) in [5, 5.41) is 3.55. The molecule has 2 aromatic rings. The van der Waals surface area contributed by atoms with Crippen molar-refractivity contribution < 1.29 is 13.2 Å². The van der Waals surface area contributed by atoms with Crippen LogP contribution in [0.1, 0.15) is 15.9 Å². The molecule has 0 bridgehead atoms. The van der Waals surface area contributed by atoms with E-state index in [1.165, 1.54) is 15.6 Å². The molecule has 0 saturated carbocycles. The van der Waals surface area contributed by atoms with Crippen LogP contribution in [0, 0.1) is 6.92 Å². The van der Waals surface area contributed by atoms with Gasteiger partial charge in [0.1, 0.15) is 6.04 Å². The molecule has 1 aliphatic rings. The van der Waals surface area contributed by atoms with Crippen LogP contribution in [-0.2, 0) is 10.0 Å². The van der Waals surface area contributed by atoms with Gasteiger partial charge in [-0.15, -0.1) is 0 Å². The molecule has 0 spiro atoms. The number of hydrogen-bond acceptors (Lipinski definition) is 4. The summed E-state index contributed by atoms with van der Waals surface area (Å²) in [6.07, 6.45) is 3.38. The summed E-state index contributed by atoms with van der Waals surface area (Å²) >= 11 is 1.42. The fraction of sp³-hybridized carbons (Fsp3) is 0.188. The Morgan fingerprint density at radius 3 is 2.59 bits per heavy atom. The smallest absolute Gasteiger partial charge is 0.244 e. The quantitative estimate of drug-likeness (QED) is 0.638. The molecule has 2 heterocycles. The van der Waals surface area contributed by atoms with Crippen LogP contribution in [0.15, 0.2) is 58.1 Å². The molecule has 1 aliphatic heterocycles. The lowest BCUT2D eigenvalue weighted by Crippen LogP contribution is -2.40. The van der Waals surface area contributed by atoms with Crippen molar-refractivity contribution in [3.63, 3.8) is 0 Å². The van der Waals surface area contributed by atoms with Crippen LogP contribution >= 0.6 is 11.3 Å². The van der Waals surface area contributed by atoms with E-state index in [9.17, 15) is 13.2 Å². The topological polar surface area (TPSA) is 54.5 Å². The van der Waals surface area contributed by atoms with Crippen molar-refractivity contribution in [1.82, 2.24) is 4.31 Å². The highest BCUT2D eigenvalue weighted by Crippen LogP contribution is 2.25. The molecule has 1 aromatic carbocycles. The average Bonchev–Trinajstić information content (AvgIpc) is 3.19. The average molecular weight is 333 g/mol. The summed E-state index contributed by atoms with van der Waals surface area (Å²) in [4.78, 5) is 12.7. The summed E-state index contributed by atoms with van der Waals surface area (Å²) in [5.41, 5.74) is 1.54. The fourth-order valence-corrected chi connectivity index (χ4v) is 4.53. The third kappa shape index (κ3) is 2.65. The fourth-order valence-electron chi connectivity index (χ4n) is 2.39.